The molecule has 0 saturated carbocycles. The summed E-state index contributed by atoms with van der Waals surface area (Å²) < 4.78 is 13.9. The molecule has 9 aromatic rings. The van der Waals surface area contributed by atoms with Crippen LogP contribution in [0.3, 0.4) is 0 Å². The summed E-state index contributed by atoms with van der Waals surface area (Å²) in [5.41, 5.74) is 27.5. The molecule has 0 unspecified atom stereocenters. The van der Waals surface area contributed by atoms with Crippen LogP contribution in [0.2, 0.25) is 0 Å². The quantitative estimate of drug-likeness (QED) is 0.0417. The highest BCUT2D eigenvalue weighted by Crippen LogP contribution is 2.36. The fourth-order valence-corrected chi connectivity index (χ4v) is 8.25. The first-order valence-corrected chi connectivity index (χ1v) is 26.5. The maximum atomic E-state index is 9.32. The van der Waals surface area contributed by atoms with E-state index in [-0.39, 0.29) is 18.3 Å². The maximum Gasteiger partial charge on any atom is 0.494 e. The van der Waals surface area contributed by atoms with Crippen LogP contribution in [0, 0.1) is 0 Å². The molecule has 1 aliphatic heterocycles. The second-order valence-electron chi connectivity index (χ2n) is 18.7. The number of nitrogen functional groups attached to an aromatic ring is 3. The van der Waals surface area contributed by atoms with Crippen LogP contribution in [-0.4, -0.2) is 64.1 Å². The lowest BCUT2D eigenvalue weighted by Crippen LogP contribution is -2.41. The number of benzene rings is 9. The monoisotopic (exact) mass is 1160 g/mol. The molecular formula is C62H62B3Br2N5O6. The van der Waals surface area contributed by atoms with Gasteiger partial charge in [0.2, 0.25) is 0 Å². The van der Waals surface area contributed by atoms with Gasteiger partial charge in [-0.05, 0) is 117 Å². The lowest BCUT2D eigenvalue weighted by molar-refractivity contribution is 0.00578. The Morgan fingerprint density at radius 3 is 1.08 bits per heavy atom. The lowest BCUT2D eigenvalue weighted by Gasteiger charge is -2.32. The van der Waals surface area contributed by atoms with Crippen molar-refractivity contribution in [2.75, 3.05) is 17.2 Å². The molecule has 0 amide bonds. The molecule has 1 saturated heterocycles. The van der Waals surface area contributed by atoms with Gasteiger partial charge < -0.3 is 46.6 Å². The highest BCUT2D eigenvalue weighted by molar-refractivity contribution is 9.10. The topological polar surface area (TPSA) is 202 Å². The molecule has 9 aromatic carbocycles. The molecule has 0 aliphatic carbocycles. The van der Waals surface area contributed by atoms with Crippen LogP contribution in [0.25, 0.3) is 0 Å². The Balaban J connectivity index is 0.000000165. The first kappa shape index (κ1) is 59.9. The minimum Gasteiger partial charge on any atom is -0.423 e. The van der Waals surface area contributed by atoms with Crippen LogP contribution in [0.15, 0.2) is 262 Å². The Kier molecular flexibility index (Phi) is 22.6. The van der Waals surface area contributed by atoms with Gasteiger partial charge in [0.1, 0.15) is 0 Å². The van der Waals surface area contributed by atoms with Crippen molar-refractivity contribution < 1.29 is 29.4 Å². The molecule has 1 fully saturated rings. The SMILES string of the molecule is Brc1cccc(N=C(c2ccccc2)c2ccccc2)c1.CC1(C)OB(c2cccc(N)c2)OC1(C)C.Nc1cccc(B(O)O)c1.Nc1cccc(Br)c1.OB(O)c1cccc(N=C(c2ccccc2)c2ccccc2)c1. The van der Waals surface area contributed by atoms with Crippen molar-refractivity contribution in [3.63, 3.8) is 0 Å². The number of nitrogens with zero attached hydrogens (tertiary/aromatic N) is 2. The lowest BCUT2D eigenvalue weighted by atomic mass is 9.79. The van der Waals surface area contributed by atoms with Crippen molar-refractivity contribution in [1.29, 1.82) is 0 Å². The Morgan fingerprint density at radius 1 is 0.397 bits per heavy atom. The standard InChI is InChI=1S/C19H16BNO2.C19H14BrN.C12H18BNO2.C6H8BNO2.C6H6BrN/c22-20(23)17-12-7-13-18(14-17)21-19(15-8-3-1-4-9-15)16-10-5-2-6-11-16;20-17-12-7-13-18(14-17)21-19(15-8-3-1-4-9-15)16-10-5-2-6-11-16;1-11(2)12(3,4)16-13(15-11)9-6-5-7-10(14)8-9;8-6-3-1-2-5(4-6)7(9)10;7-5-2-1-3-6(8)4-5/h1-14,22-23H;1-14H;5-8H,14H2,1-4H3;1-4,9-10H,8H2;1-4H,8H2. The number of halogens is 2. The first-order chi connectivity index (χ1) is 37.4. The average molecular weight is 1170 g/mol. The van der Waals surface area contributed by atoms with E-state index in [1.54, 1.807) is 36.4 Å². The minimum absolute atomic E-state index is 0.303. The van der Waals surface area contributed by atoms with Crippen molar-refractivity contribution in [2.45, 2.75) is 38.9 Å². The summed E-state index contributed by atoms with van der Waals surface area (Å²) in [6, 6.07) is 77.0. The molecule has 10 rings (SSSR count). The van der Waals surface area contributed by atoms with E-state index >= 15 is 0 Å². The van der Waals surface area contributed by atoms with E-state index < -0.39 is 14.2 Å². The Labute approximate surface area is 475 Å². The summed E-state index contributed by atoms with van der Waals surface area (Å²) in [7, 11) is -3.25. The van der Waals surface area contributed by atoms with Gasteiger partial charge in [-0.15, -0.1) is 0 Å². The van der Waals surface area contributed by atoms with Crippen LogP contribution >= 0.6 is 31.9 Å². The molecule has 0 radical (unpaired) electrons. The molecule has 0 aromatic heterocycles. The summed E-state index contributed by atoms with van der Waals surface area (Å²) >= 11 is 6.78. The van der Waals surface area contributed by atoms with Gasteiger partial charge in [-0.25, -0.2) is 9.98 Å². The van der Waals surface area contributed by atoms with E-state index in [4.69, 9.17) is 46.5 Å². The zero-order chi connectivity index (χ0) is 56.1. The molecular weight excluding hydrogens is 1100 g/mol. The number of nitrogens with two attached hydrogens (primary N) is 3. The fraction of sp³-hybridized carbons (Fsp3) is 0.0968. The summed E-state index contributed by atoms with van der Waals surface area (Å²) in [4.78, 5) is 9.58. The van der Waals surface area contributed by atoms with Crippen LogP contribution in [-0.2, 0) is 9.31 Å². The van der Waals surface area contributed by atoms with E-state index in [0.29, 0.717) is 22.3 Å². The third-order valence-electron chi connectivity index (χ3n) is 12.1. The van der Waals surface area contributed by atoms with Crippen molar-refractivity contribution in [1.82, 2.24) is 0 Å². The van der Waals surface area contributed by atoms with Gasteiger partial charge in [0, 0.05) is 48.3 Å². The average Bonchev–Trinajstić information content (AvgIpc) is 3.69. The second kappa shape index (κ2) is 29.4. The number of rotatable bonds is 9. The van der Waals surface area contributed by atoms with Crippen molar-refractivity contribution in [3.8, 4) is 0 Å². The third kappa shape index (κ3) is 18.7. The predicted octanol–water partition coefficient (Wildman–Crippen LogP) is 10.7. The van der Waals surface area contributed by atoms with Gasteiger partial charge in [0.25, 0.3) is 0 Å². The van der Waals surface area contributed by atoms with Crippen molar-refractivity contribution >= 4 is 109 Å². The van der Waals surface area contributed by atoms with Gasteiger partial charge in [-0.1, -0.05) is 202 Å². The van der Waals surface area contributed by atoms with Gasteiger partial charge >= 0.3 is 21.4 Å². The molecule has 394 valence electrons. The minimum atomic E-state index is -1.50. The Bertz CT molecular complexity index is 3230. The van der Waals surface area contributed by atoms with E-state index in [1.165, 1.54) is 6.07 Å². The zero-order valence-corrected chi connectivity index (χ0v) is 47.0. The molecule has 0 spiro atoms. The summed E-state index contributed by atoms with van der Waals surface area (Å²) in [6.45, 7) is 8.16. The molecule has 1 heterocycles. The Morgan fingerprint density at radius 2 is 0.731 bits per heavy atom. The Hall–Kier alpha value is -7.37. The molecule has 0 bridgehead atoms. The second-order valence-corrected chi connectivity index (χ2v) is 20.5. The van der Waals surface area contributed by atoms with Gasteiger partial charge in [-0.3, -0.25) is 0 Å². The van der Waals surface area contributed by atoms with Crippen LogP contribution < -0.4 is 33.6 Å². The van der Waals surface area contributed by atoms with E-state index in [9.17, 15) is 10.0 Å². The summed E-state index contributed by atoms with van der Waals surface area (Å²) in [6.07, 6.45) is 0. The van der Waals surface area contributed by atoms with Crippen molar-refractivity contribution in [3.05, 3.63) is 274 Å². The van der Waals surface area contributed by atoms with Gasteiger partial charge in [-0.2, -0.15) is 0 Å². The molecule has 16 heteroatoms. The van der Waals surface area contributed by atoms with Crippen LogP contribution in [0.5, 0.6) is 0 Å². The largest absolute Gasteiger partial charge is 0.494 e. The smallest absolute Gasteiger partial charge is 0.423 e. The van der Waals surface area contributed by atoms with Crippen molar-refractivity contribution in [2.24, 2.45) is 9.98 Å². The highest BCUT2D eigenvalue weighted by Gasteiger charge is 2.51. The summed E-state index contributed by atoms with van der Waals surface area (Å²) in [5, 5.41) is 35.9. The van der Waals surface area contributed by atoms with Crippen LogP contribution in [0.4, 0.5) is 28.4 Å². The maximum absolute atomic E-state index is 9.32. The molecule has 10 N–H and O–H groups in total. The third-order valence-corrected chi connectivity index (χ3v) is 13.1. The highest BCUT2D eigenvalue weighted by atomic mass is 79.9. The van der Waals surface area contributed by atoms with Crippen LogP contribution in [0.1, 0.15) is 49.9 Å². The fourth-order valence-electron chi connectivity index (χ4n) is 7.45. The molecule has 78 heavy (non-hydrogen) atoms. The van der Waals surface area contributed by atoms with Gasteiger partial charge in [0.05, 0.1) is 34.0 Å². The summed E-state index contributed by atoms with van der Waals surface area (Å²) in [5.74, 6) is 0. The van der Waals surface area contributed by atoms with E-state index in [1.807, 2.05) is 204 Å². The number of aliphatic imine (C=N–C) groups is 2. The number of hydrogen-bond donors (Lipinski definition) is 7. The van der Waals surface area contributed by atoms with Gasteiger partial charge in [0.15, 0.2) is 0 Å². The normalized spacial score (nSPS) is 12.5. The van der Waals surface area contributed by atoms with E-state index in [0.717, 1.165) is 65.1 Å². The molecule has 1 aliphatic rings. The molecule has 0 atom stereocenters. The molecule has 11 nitrogen and oxygen atoms in total. The predicted molar refractivity (Wildman–Crippen MR) is 333 cm³/mol. The first-order valence-electron chi connectivity index (χ1n) is 24.9. The van der Waals surface area contributed by atoms with E-state index in [2.05, 4.69) is 56.1 Å². The number of anilines is 3. The zero-order valence-electron chi connectivity index (χ0n) is 43.8. The number of hydrogen-bond acceptors (Lipinski definition) is 11.